The second-order valence-electron chi connectivity index (χ2n) is 8.92. The summed E-state index contributed by atoms with van der Waals surface area (Å²) in [7, 11) is -5.58. The highest BCUT2D eigenvalue weighted by Gasteiger charge is 2.46. The van der Waals surface area contributed by atoms with Gasteiger partial charge in [-0.05, 0) is 61.4 Å². The number of ketones is 1. The molecule has 39 heavy (non-hydrogen) atoms. The van der Waals surface area contributed by atoms with Gasteiger partial charge in [0.15, 0.2) is 5.78 Å². The Bertz CT molecular complexity index is 1670. The Hall–Kier alpha value is -3.71. The summed E-state index contributed by atoms with van der Waals surface area (Å²) in [6, 6.07) is 14.6. The first-order valence-electron chi connectivity index (χ1n) is 11.6. The van der Waals surface area contributed by atoms with Crippen LogP contribution in [0, 0.1) is 11.7 Å². The number of Topliss-reactive ketones (excluding diaryl/α,β-unsaturated/α-hetero) is 1. The largest absolute Gasteiger partial charge is 0.516 e. The van der Waals surface area contributed by atoms with Gasteiger partial charge >= 0.3 is 15.5 Å². The number of fused-ring (bicyclic) bond motifs is 2. The first-order valence-corrected chi connectivity index (χ1v) is 13.9. The molecule has 4 aromatic rings. The van der Waals surface area contributed by atoms with Crippen molar-refractivity contribution in [2.24, 2.45) is 5.92 Å². The molecule has 7 nitrogen and oxygen atoms in total. The van der Waals surface area contributed by atoms with Crippen molar-refractivity contribution in [3.05, 3.63) is 82.6 Å². The lowest BCUT2D eigenvalue weighted by atomic mass is 9.85. The zero-order chi connectivity index (χ0) is 27.9. The number of benzene rings is 3. The van der Waals surface area contributed by atoms with Crippen LogP contribution in [-0.4, -0.2) is 30.8 Å². The lowest BCUT2D eigenvalue weighted by Crippen LogP contribution is -2.37. The summed E-state index contributed by atoms with van der Waals surface area (Å²) in [5.41, 5.74) is -4.46. The predicted octanol–water partition coefficient (Wildman–Crippen LogP) is 6.10. The standard InChI is InChI=1S/C26H20F4N2O5S2/c1-14-19(10-15-3-2-4-17(9-15)32-39(34,35)26(28,29)30)25(33)20-12-18(6-7-22(20)37-14)36-13-24-31-21-11-16(27)5-8-23(21)38-24/h2-9,11-12,14,19,32H,10,13H2,1H3/t14-,19-/m0/s1. The molecule has 0 amide bonds. The summed E-state index contributed by atoms with van der Waals surface area (Å²) in [5, 5.41) is 0.628. The lowest BCUT2D eigenvalue weighted by molar-refractivity contribution is -0.0429. The van der Waals surface area contributed by atoms with E-state index >= 15 is 0 Å². The van der Waals surface area contributed by atoms with Crippen LogP contribution >= 0.6 is 11.3 Å². The second kappa shape index (κ2) is 10.1. The maximum Gasteiger partial charge on any atom is 0.516 e. The monoisotopic (exact) mass is 580 g/mol. The molecule has 1 N–H and O–H groups in total. The topological polar surface area (TPSA) is 94.6 Å². The van der Waals surface area contributed by atoms with E-state index < -0.39 is 27.6 Å². The molecule has 13 heteroatoms. The predicted molar refractivity (Wildman–Crippen MR) is 137 cm³/mol. The summed E-state index contributed by atoms with van der Waals surface area (Å²) in [6.07, 6.45) is -0.440. The number of hydrogen-bond donors (Lipinski definition) is 1. The van der Waals surface area contributed by atoms with Gasteiger partial charge in [-0.25, -0.2) is 9.37 Å². The average Bonchev–Trinajstić information content (AvgIpc) is 3.27. The van der Waals surface area contributed by atoms with Crippen molar-refractivity contribution in [3.8, 4) is 11.5 Å². The van der Waals surface area contributed by atoms with E-state index in [4.69, 9.17) is 9.47 Å². The second-order valence-corrected chi connectivity index (χ2v) is 11.7. The van der Waals surface area contributed by atoms with Crippen LogP contribution in [0.2, 0.25) is 0 Å². The number of halogens is 4. The number of carbonyl (C=O) groups excluding carboxylic acids is 1. The number of rotatable bonds is 7. The van der Waals surface area contributed by atoms with Crippen molar-refractivity contribution < 1.29 is 40.2 Å². The van der Waals surface area contributed by atoms with Crippen molar-refractivity contribution in [1.82, 2.24) is 4.98 Å². The Labute approximate surface area is 224 Å². The van der Waals surface area contributed by atoms with Gasteiger partial charge in [0.05, 0.1) is 21.7 Å². The fraction of sp³-hybridized carbons (Fsp3) is 0.231. The number of alkyl halides is 3. The molecule has 0 bridgehead atoms. The molecule has 204 valence electrons. The minimum Gasteiger partial charge on any atom is -0.489 e. The number of hydrogen-bond acceptors (Lipinski definition) is 7. The summed E-state index contributed by atoms with van der Waals surface area (Å²) >= 11 is 1.36. The van der Waals surface area contributed by atoms with E-state index in [1.54, 1.807) is 37.3 Å². The van der Waals surface area contributed by atoms with Gasteiger partial charge in [-0.1, -0.05) is 12.1 Å². The van der Waals surface area contributed by atoms with Crippen LogP contribution in [0.25, 0.3) is 10.2 Å². The zero-order valence-corrected chi connectivity index (χ0v) is 21.8. The van der Waals surface area contributed by atoms with Gasteiger partial charge in [0.1, 0.15) is 35.0 Å². The van der Waals surface area contributed by atoms with Crippen LogP contribution in [0.5, 0.6) is 11.5 Å². The number of aromatic nitrogens is 1. The van der Waals surface area contributed by atoms with Crippen molar-refractivity contribution in [2.75, 3.05) is 4.72 Å². The number of sulfonamides is 1. The van der Waals surface area contributed by atoms with Crippen LogP contribution in [-0.2, 0) is 23.1 Å². The molecular formula is C26H20F4N2O5S2. The summed E-state index contributed by atoms with van der Waals surface area (Å²) in [4.78, 5) is 17.8. The van der Waals surface area contributed by atoms with Crippen molar-refractivity contribution in [2.45, 2.75) is 31.6 Å². The normalized spacial score (nSPS) is 17.5. The van der Waals surface area contributed by atoms with Crippen molar-refractivity contribution in [3.63, 3.8) is 0 Å². The highest BCUT2D eigenvalue weighted by Crippen LogP contribution is 2.36. The van der Waals surface area contributed by atoms with Crippen LogP contribution in [0.1, 0.15) is 27.9 Å². The molecule has 1 aliphatic rings. The highest BCUT2D eigenvalue weighted by molar-refractivity contribution is 7.93. The van der Waals surface area contributed by atoms with Gasteiger partial charge < -0.3 is 9.47 Å². The van der Waals surface area contributed by atoms with E-state index in [9.17, 15) is 30.8 Å². The number of ether oxygens (including phenoxy) is 2. The third kappa shape index (κ3) is 5.69. The molecule has 3 aromatic carbocycles. The number of nitrogens with zero attached hydrogens (tertiary/aromatic N) is 1. The molecular weight excluding hydrogens is 560 g/mol. The Kier molecular flexibility index (Phi) is 6.97. The lowest BCUT2D eigenvalue weighted by Gasteiger charge is -2.30. The molecule has 2 heterocycles. The van der Waals surface area contributed by atoms with E-state index in [-0.39, 0.29) is 35.9 Å². The first-order chi connectivity index (χ1) is 18.4. The van der Waals surface area contributed by atoms with Gasteiger partial charge in [0.2, 0.25) is 0 Å². The molecule has 2 atom stereocenters. The first kappa shape index (κ1) is 26.9. The molecule has 0 radical (unpaired) electrons. The third-order valence-electron chi connectivity index (χ3n) is 6.13. The Morgan fingerprint density at radius 1 is 1.10 bits per heavy atom. The maximum absolute atomic E-state index is 13.4. The molecule has 0 unspecified atom stereocenters. The SMILES string of the molecule is C[C@@H]1Oc2ccc(OCc3nc4cc(F)ccc4s3)cc2C(=O)[C@H]1Cc1cccc(NS(=O)(=O)C(F)(F)F)c1. The minimum atomic E-state index is -5.58. The van der Waals surface area contributed by atoms with Crippen LogP contribution in [0.4, 0.5) is 23.2 Å². The van der Waals surface area contributed by atoms with Crippen molar-refractivity contribution >= 4 is 43.0 Å². The zero-order valence-electron chi connectivity index (χ0n) is 20.2. The quantitative estimate of drug-likeness (QED) is 0.266. The molecule has 0 fully saturated rings. The number of thiazole rings is 1. The van der Waals surface area contributed by atoms with Gasteiger partial charge in [0.25, 0.3) is 0 Å². The van der Waals surface area contributed by atoms with Gasteiger partial charge in [-0.15, -0.1) is 11.3 Å². The van der Waals surface area contributed by atoms with E-state index in [2.05, 4.69) is 4.98 Å². The molecule has 1 aliphatic heterocycles. The van der Waals surface area contributed by atoms with E-state index in [1.165, 1.54) is 46.4 Å². The van der Waals surface area contributed by atoms with E-state index in [1.807, 2.05) is 0 Å². The molecule has 0 saturated heterocycles. The molecule has 0 saturated carbocycles. The molecule has 1 aromatic heterocycles. The molecule has 0 aliphatic carbocycles. The van der Waals surface area contributed by atoms with E-state index in [0.717, 1.165) is 4.70 Å². The molecule has 0 spiro atoms. The summed E-state index contributed by atoms with van der Waals surface area (Å²) in [6.45, 7) is 1.82. The van der Waals surface area contributed by atoms with Crippen LogP contribution in [0.15, 0.2) is 60.7 Å². The number of nitrogens with one attached hydrogen (secondary N) is 1. The fourth-order valence-corrected chi connectivity index (χ4v) is 5.65. The average molecular weight is 581 g/mol. The van der Waals surface area contributed by atoms with Gasteiger partial charge in [-0.2, -0.15) is 21.6 Å². The third-order valence-corrected chi connectivity index (χ3v) is 8.25. The Morgan fingerprint density at radius 3 is 2.67 bits per heavy atom. The summed E-state index contributed by atoms with van der Waals surface area (Å²) < 4.78 is 88.7. The fourth-order valence-electron chi connectivity index (χ4n) is 4.23. The summed E-state index contributed by atoms with van der Waals surface area (Å²) in [5.74, 6) is -0.537. The van der Waals surface area contributed by atoms with Crippen molar-refractivity contribution in [1.29, 1.82) is 0 Å². The number of carbonyl (C=O) groups is 1. The Balaban J connectivity index is 1.31. The molecule has 5 rings (SSSR count). The Morgan fingerprint density at radius 2 is 1.90 bits per heavy atom. The van der Waals surface area contributed by atoms with Gasteiger partial charge in [0, 0.05) is 11.8 Å². The van der Waals surface area contributed by atoms with Crippen LogP contribution in [0.3, 0.4) is 0 Å². The van der Waals surface area contributed by atoms with Crippen LogP contribution < -0.4 is 14.2 Å². The van der Waals surface area contributed by atoms with Gasteiger partial charge in [-0.3, -0.25) is 9.52 Å². The highest BCUT2D eigenvalue weighted by atomic mass is 32.2. The minimum absolute atomic E-state index is 0.106. The number of anilines is 1. The maximum atomic E-state index is 13.4. The van der Waals surface area contributed by atoms with E-state index in [0.29, 0.717) is 27.6 Å². The smallest absolute Gasteiger partial charge is 0.489 e.